The van der Waals surface area contributed by atoms with E-state index in [0.29, 0.717) is 41.4 Å². The first-order valence-corrected chi connectivity index (χ1v) is 11.2. The minimum atomic E-state index is -4.64. The van der Waals surface area contributed by atoms with E-state index in [1.54, 1.807) is 6.07 Å². The maximum Gasteiger partial charge on any atom is 0.453 e. The number of alkyl halides is 3. The Hall–Kier alpha value is -3.28. The smallest absolute Gasteiger partial charge is 0.355 e. The van der Waals surface area contributed by atoms with Gasteiger partial charge in [-0.1, -0.05) is 17.4 Å². The molecule has 1 aromatic carbocycles. The lowest BCUT2D eigenvalue weighted by Crippen LogP contribution is -2.38. The van der Waals surface area contributed by atoms with Gasteiger partial charge in [-0.25, -0.2) is 4.98 Å². The number of aryl methyl sites for hydroxylation is 2. The van der Waals surface area contributed by atoms with Crippen LogP contribution in [-0.2, 0) is 11.0 Å². The van der Waals surface area contributed by atoms with Gasteiger partial charge in [-0.2, -0.15) is 17.7 Å². The van der Waals surface area contributed by atoms with E-state index >= 15 is 0 Å². The molecule has 0 unspecified atom stereocenters. The van der Waals surface area contributed by atoms with Crippen LogP contribution in [0.15, 0.2) is 24.3 Å². The van der Waals surface area contributed by atoms with Gasteiger partial charge >= 0.3 is 6.18 Å². The SMILES string of the molecule is Cc1cc(C)c2nc(NC(=O)C3CCN(c4ccc5nnc(C(F)(F)F)n5n4)CC3)sc2c1. The Balaban J connectivity index is 1.26. The number of rotatable bonds is 3. The summed E-state index contributed by atoms with van der Waals surface area (Å²) in [7, 11) is 0. The van der Waals surface area contributed by atoms with E-state index in [9.17, 15) is 18.0 Å². The largest absolute Gasteiger partial charge is 0.453 e. The van der Waals surface area contributed by atoms with E-state index in [2.05, 4.69) is 37.7 Å². The number of hydrogen-bond donors (Lipinski definition) is 1. The molecule has 0 bridgehead atoms. The zero-order valence-corrected chi connectivity index (χ0v) is 18.7. The Kier molecular flexibility index (Phi) is 5.19. The molecule has 1 amide bonds. The van der Waals surface area contributed by atoms with Gasteiger partial charge in [0.15, 0.2) is 10.8 Å². The van der Waals surface area contributed by atoms with Gasteiger partial charge in [-0.15, -0.1) is 15.3 Å². The second-order valence-corrected chi connectivity index (χ2v) is 9.21. The van der Waals surface area contributed by atoms with E-state index in [1.807, 2.05) is 18.7 Å². The quantitative estimate of drug-likeness (QED) is 0.477. The van der Waals surface area contributed by atoms with Gasteiger partial charge in [0.25, 0.3) is 5.82 Å². The fourth-order valence-electron chi connectivity index (χ4n) is 4.13. The number of anilines is 2. The second-order valence-electron chi connectivity index (χ2n) is 8.18. The molecule has 0 aliphatic carbocycles. The number of amides is 1. The van der Waals surface area contributed by atoms with Crippen molar-refractivity contribution < 1.29 is 18.0 Å². The van der Waals surface area contributed by atoms with Crippen LogP contribution in [0.4, 0.5) is 24.1 Å². The Morgan fingerprint density at radius 3 is 2.64 bits per heavy atom. The van der Waals surface area contributed by atoms with Crippen LogP contribution in [0, 0.1) is 19.8 Å². The van der Waals surface area contributed by atoms with E-state index in [4.69, 9.17) is 0 Å². The average Bonchev–Trinajstić information content (AvgIpc) is 3.37. The number of nitrogens with one attached hydrogen (secondary N) is 1. The summed E-state index contributed by atoms with van der Waals surface area (Å²) in [4.78, 5) is 19.2. The van der Waals surface area contributed by atoms with Crippen molar-refractivity contribution in [2.75, 3.05) is 23.3 Å². The third kappa shape index (κ3) is 4.10. The molecule has 0 radical (unpaired) electrons. The summed E-state index contributed by atoms with van der Waals surface area (Å²) in [5.74, 6) is -1.07. The van der Waals surface area contributed by atoms with Gasteiger partial charge in [-0.05, 0) is 56.0 Å². The summed E-state index contributed by atoms with van der Waals surface area (Å²) in [6.07, 6.45) is -3.53. The molecule has 1 N–H and O–H groups in total. The van der Waals surface area contributed by atoms with Crippen LogP contribution in [-0.4, -0.2) is 43.8 Å². The van der Waals surface area contributed by atoms with Gasteiger partial charge in [-0.3, -0.25) is 4.79 Å². The molecule has 33 heavy (non-hydrogen) atoms. The van der Waals surface area contributed by atoms with Crippen molar-refractivity contribution in [1.82, 2.24) is 24.8 Å². The molecule has 0 spiro atoms. The highest BCUT2D eigenvalue weighted by Gasteiger charge is 2.38. The first-order chi connectivity index (χ1) is 15.7. The monoisotopic (exact) mass is 475 g/mol. The van der Waals surface area contributed by atoms with Crippen LogP contribution >= 0.6 is 11.3 Å². The molecule has 5 rings (SSSR count). The van der Waals surface area contributed by atoms with E-state index in [0.717, 1.165) is 21.3 Å². The molecule has 4 aromatic rings. The van der Waals surface area contributed by atoms with Gasteiger partial charge in [0.1, 0.15) is 5.82 Å². The van der Waals surface area contributed by atoms with E-state index in [-0.39, 0.29) is 17.5 Å². The molecule has 1 aliphatic rings. The molecule has 3 aromatic heterocycles. The van der Waals surface area contributed by atoms with Crippen molar-refractivity contribution in [3.05, 3.63) is 41.2 Å². The summed E-state index contributed by atoms with van der Waals surface area (Å²) < 4.78 is 41.1. The number of hydrogen-bond acceptors (Lipinski definition) is 7. The number of benzene rings is 1. The van der Waals surface area contributed by atoms with Gasteiger partial charge < -0.3 is 10.2 Å². The van der Waals surface area contributed by atoms with Gasteiger partial charge in [0.2, 0.25) is 5.91 Å². The Morgan fingerprint density at radius 2 is 1.91 bits per heavy atom. The lowest BCUT2D eigenvalue weighted by atomic mass is 9.96. The third-order valence-electron chi connectivity index (χ3n) is 5.75. The maximum absolute atomic E-state index is 13.1. The van der Waals surface area contributed by atoms with Crippen molar-refractivity contribution in [2.45, 2.75) is 32.9 Å². The zero-order valence-electron chi connectivity index (χ0n) is 17.8. The van der Waals surface area contributed by atoms with Crippen LogP contribution < -0.4 is 10.2 Å². The first-order valence-electron chi connectivity index (χ1n) is 10.4. The van der Waals surface area contributed by atoms with Crippen molar-refractivity contribution in [3.8, 4) is 0 Å². The molecule has 1 saturated heterocycles. The molecule has 1 aliphatic heterocycles. The highest BCUT2D eigenvalue weighted by atomic mass is 32.1. The molecular formula is C21H20F3N7OS. The van der Waals surface area contributed by atoms with Crippen LogP contribution in [0.1, 0.15) is 29.8 Å². The van der Waals surface area contributed by atoms with Crippen LogP contribution in [0.25, 0.3) is 15.9 Å². The second kappa shape index (κ2) is 7.94. The Morgan fingerprint density at radius 1 is 1.15 bits per heavy atom. The molecule has 0 saturated carbocycles. The number of carbonyl (C=O) groups excluding carboxylic acids is 1. The number of fused-ring (bicyclic) bond motifs is 2. The first kappa shape index (κ1) is 21.6. The summed E-state index contributed by atoms with van der Waals surface area (Å²) in [5.41, 5.74) is 3.14. The lowest BCUT2D eigenvalue weighted by molar-refractivity contribution is -0.146. The molecular weight excluding hydrogens is 455 g/mol. The van der Waals surface area contributed by atoms with Crippen molar-refractivity contribution in [2.24, 2.45) is 5.92 Å². The minimum absolute atomic E-state index is 0.0293. The summed E-state index contributed by atoms with van der Waals surface area (Å²) in [6, 6.07) is 7.19. The number of halogens is 3. The lowest BCUT2D eigenvalue weighted by Gasteiger charge is -2.31. The zero-order chi connectivity index (χ0) is 23.3. The van der Waals surface area contributed by atoms with Crippen LogP contribution in [0.5, 0.6) is 0 Å². The summed E-state index contributed by atoms with van der Waals surface area (Å²) in [6.45, 7) is 5.02. The molecule has 172 valence electrons. The minimum Gasteiger partial charge on any atom is -0.355 e. The topological polar surface area (TPSA) is 88.3 Å². The van der Waals surface area contributed by atoms with Crippen molar-refractivity contribution >= 4 is 44.1 Å². The number of thiazole rings is 1. The molecule has 8 nitrogen and oxygen atoms in total. The number of aromatic nitrogens is 5. The van der Waals surface area contributed by atoms with Crippen molar-refractivity contribution in [3.63, 3.8) is 0 Å². The van der Waals surface area contributed by atoms with E-state index < -0.39 is 12.0 Å². The summed E-state index contributed by atoms with van der Waals surface area (Å²) >= 11 is 1.45. The molecule has 1 fully saturated rings. The van der Waals surface area contributed by atoms with E-state index in [1.165, 1.54) is 17.4 Å². The standard InChI is InChI=1S/C21H20F3N7OS/c1-11-9-12(2)17-14(10-11)33-20(25-17)26-18(32)13-5-7-30(8-6-13)16-4-3-15-27-28-19(21(22,23)24)31(15)29-16/h3-4,9-10,13H,5-8H2,1-2H3,(H,25,26,32). The highest BCUT2D eigenvalue weighted by molar-refractivity contribution is 7.22. The van der Waals surface area contributed by atoms with Crippen LogP contribution in [0.2, 0.25) is 0 Å². The average molecular weight is 476 g/mol. The summed E-state index contributed by atoms with van der Waals surface area (Å²) in [5, 5.41) is 14.3. The Labute approximate surface area is 190 Å². The third-order valence-corrected chi connectivity index (χ3v) is 6.67. The number of carbonyl (C=O) groups is 1. The number of nitrogens with zero attached hydrogens (tertiary/aromatic N) is 6. The normalized spacial score (nSPS) is 15.5. The van der Waals surface area contributed by atoms with Gasteiger partial charge in [0.05, 0.1) is 10.2 Å². The molecule has 12 heteroatoms. The maximum atomic E-state index is 13.1. The molecule has 0 atom stereocenters. The highest BCUT2D eigenvalue weighted by Crippen LogP contribution is 2.31. The molecule has 4 heterocycles. The van der Waals surface area contributed by atoms with Gasteiger partial charge in [0, 0.05) is 19.0 Å². The fourth-order valence-corrected chi connectivity index (χ4v) is 5.17. The predicted molar refractivity (Wildman–Crippen MR) is 118 cm³/mol. The number of piperidine rings is 1. The Bertz CT molecular complexity index is 1360. The van der Waals surface area contributed by atoms with Crippen molar-refractivity contribution in [1.29, 1.82) is 0 Å². The van der Waals surface area contributed by atoms with Crippen LogP contribution in [0.3, 0.4) is 0 Å². The fraction of sp³-hybridized carbons (Fsp3) is 0.381. The predicted octanol–water partition coefficient (Wildman–Crippen LogP) is 4.22.